The zero-order valence-electron chi connectivity index (χ0n) is 29.1. The maximum atomic E-state index is 13.7. The number of carbonyl (C=O) groups excluding carboxylic acids is 5. The van der Waals surface area contributed by atoms with Crippen LogP contribution in [-0.2, 0) is 14.3 Å². The van der Waals surface area contributed by atoms with Crippen molar-refractivity contribution >= 4 is 75.1 Å². The minimum absolute atomic E-state index is 0.00656. The lowest BCUT2D eigenvalue weighted by atomic mass is 10.1. The lowest BCUT2D eigenvalue weighted by Crippen LogP contribution is -2.30. The van der Waals surface area contributed by atoms with E-state index in [1.807, 2.05) is 19.1 Å². The highest BCUT2D eigenvalue weighted by atomic mass is 32.2. The maximum absolute atomic E-state index is 13.7. The first-order valence-corrected chi connectivity index (χ1v) is 18.2. The maximum Gasteiger partial charge on any atom is 0.341 e. The van der Waals surface area contributed by atoms with E-state index >= 15 is 0 Å². The molecule has 0 atom stereocenters. The highest BCUT2D eigenvalue weighted by Crippen LogP contribution is 2.35. The van der Waals surface area contributed by atoms with Gasteiger partial charge in [0.05, 0.1) is 29.9 Å². The van der Waals surface area contributed by atoms with E-state index in [-0.39, 0.29) is 26.9 Å². The summed E-state index contributed by atoms with van der Waals surface area (Å²) < 4.78 is 10.7. The molecule has 0 bridgehead atoms. The molecule has 4 aromatic carbocycles. The third kappa shape index (κ3) is 10.2. The van der Waals surface area contributed by atoms with E-state index in [0.29, 0.717) is 45.3 Å². The normalized spacial score (nSPS) is 10.9. The molecule has 11 nitrogen and oxygen atoms in total. The molecule has 0 aliphatic heterocycles. The standard InChI is InChI=1S/C40H36N4O7S2/c1-4-51-32-21-12-11-16-27(32)22-31(43-36(46)26-14-7-5-8-15-26)37(47)42-29-19-13-20-30(23-29)52-24-33(45)44-39-34(40(49)50-3)25(2)35(53-39)38(48)41-28-17-9-6-10-18-28/h5-23H,4,24H2,1-3H3,(H,41,48)(H,42,47)(H,43,46)(H,44,45)/b31-22+. The first kappa shape index (κ1) is 38.1. The molecule has 13 heteroatoms. The third-order valence-corrected chi connectivity index (χ3v) is 9.74. The fourth-order valence-corrected chi connectivity index (χ4v) is 6.90. The minimum atomic E-state index is -0.682. The van der Waals surface area contributed by atoms with Gasteiger partial charge in [0.2, 0.25) is 5.91 Å². The molecule has 4 amide bonds. The van der Waals surface area contributed by atoms with Gasteiger partial charge in [-0.3, -0.25) is 19.2 Å². The minimum Gasteiger partial charge on any atom is -0.493 e. The fourth-order valence-electron chi connectivity index (χ4n) is 5.03. The molecule has 4 N–H and O–H groups in total. The van der Waals surface area contributed by atoms with Crippen molar-refractivity contribution in [2.45, 2.75) is 18.7 Å². The van der Waals surface area contributed by atoms with Gasteiger partial charge in [-0.25, -0.2) is 4.79 Å². The van der Waals surface area contributed by atoms with Crippen molar-refractivity contribution in [3.05, 3.63) is 142 Å². The molecule has 0 fully saturated rings. The third-order valence-electron chi connectivity index (χ3n) is 7.54. The summed E-state index contributed by atoms with van der Waals surface area (Å²) in [5, 5.41) is 11.3. The van der Waals surface area contributed by atoms with E-state index in [0.717, 1.165) is 11.3 Å². The lowest BCUT2D eigenvalue weighted by molar-refractivity contribution is -0.114. The van der Waals surface area contributed by atoms with Gasteiger partial charge in [-0.05, 0) is 74.0 Å². The van der Waals surface area contributed by atoms with Crippen molar-refractivity contribution in [3.63, 3.8) is 0 Å². The number of methoxy groups -OCH3 is 1. The van der Waals surface area contributed by atoms with Gasteiger partial charge in [-0.1, -0.05) is 60.7 Å². The predicted molar refractivity (Wildman–Crippen MR) is 209 cm³/mol. The zero-order valence-corrected chi connectivity index (χ0v) is 30.7. The Kier molecular flexibility index (Phi) is 13.2. The molecule has 53 heavy (non-hydrogen) atoms. The molecule has 0 saturated heterocycles. The Balaban J connectivity index is 1.29. The van der Waals surface area contributed by atoms with Crippen molar-refractivity contribution in [1.29, 1.82) is 0 Å². The highest BCUT2D eigenvalue weighted by Gasteiger charge is 2.26. The molecule has 5 rings (SSSR count). The molecular weight excluding hydrogens is 713 g/mol. The summed E-state index contributed by atoms with van der Waals surface area (Å²) in [4.78, 5) is 66.6. The van der Waals surface area contributed by atoms with Gasteiger partial charge in [0.1, 0.15) is 16.4 Å². The van der Waals surface area contributed by atoms with Gasteiger partial charge in [-0.2, -0.15) is 0 Å². The second-order valence-electron chi connectivity index (χ2n) is 11.2. The number of carbonyl (C=O) groups is 5. The van der Waals surface area contributed by atoms with Gasteiger partial charge in [0.15, 0.2) is 0 Å². The van der Waals surface area contributed by atoms with Crippen LogP contribution in [0, 0.1) is 6.92 Å². The number of hydrogen-bond donors (Lipinski definition) is 4. The Morgan fingerprint density at radius 2 is 1.45 bits per heavy atom. The van der Waals surface area contributed by atoms with Crippen molar-refractivity contribution in [2.24, 2.45) is 0 Å². The summed E-state index contributed by atoms with van der Waals surface area (Å²) in [5.41, 5.74) is 2.47. The predicted octanol–water partition coefficient (Wildman–Crippen LogP) is 7.63. The quantitative estimate of drug-likeness (QED) is 0.0514. The van der Waals surface area contributed by atoms with Gasteiger partial charge in [0.25, 0.3) is 17.7 Å². The Labute approximate surface area is 314 Å². The molecule has 0 saturated carbocycles. The van der Waals surface area contributed by atoms with Crippen LogP contribution in [0.1, 0.15) is 48.4 Å². The molecule has 270 valence electrons. The Morgan fingerprint density at radius 1 is 0.774 bits per heavy atom. The summed E-state index contributed by atoms with van der Waals surface area (Å²) >= 11 is 2.18. The van der Waals surface area contributed by atoms with Gasteiger partial charge >= 0.3 is 5.97 Å². The van der Waals surface area contributed by atoms with Crippen LogP contribution in [0.15, 0.2) is 120 Å². The summed E-state index contributed by atoms with van der Waals surface area (Å²) in [6.45, 7) is 3.89. The van der Waals surface area contributed by atoms with E-state index in [2.05, 4.69) is 21.3 Å². The van der Waals surface area contributed by atoms with Crippen molar-refractivity contribution < 1.29 is 33.4 Å². The molecule has 0 aliphatic rings. The Bertz CT molecular complexity index is 2150. The first-order chi connectivity index (χ1) is 25.7. The average Bonchev–Trinajstić information content (AvgIpc) is 3.50. The molecule has 1 heterocycles. The molecule has 0 radical (unpaired) electrons. The first-order valence-electron chi connectivity index (χ1n) is 16.4. The number of thiophene rings is 1. The van der Waals surface area contributed by atoms with E-state index in [1.165, 1.54) is 18.9 Å². The summed E-state index contributed by atoms with van der Waals surface area (Å²) in [5.74, 6) is -2.06. The van der Waals surface area contributed by atoms with Gasteiger partial charge in [0, 0.05) is 27.4 Å². The summed E-state index contributed by atoms with van der Waals surface area (Å²) in [7, 11) is 1.23. The highest BCUT2D eigenvalue weighted by molar-refractivity contribution is 8.00. The number of hydrogen-bond acceptors (Lipinski definition) is 9. The number of rotatable bonds is 14. The van der Waals surface area contributed by atoms with Crippen molar-refractivity contribution in [1.82, 2.24) is 5.32 Å². The van der Waals surface area contributed by atoms with Crippen LogP contribution in [0.5, 0.6) is 5.75 Å². The van der Waals surface area contributed by atoms with E-state index < -0.39 is 29.6 Å². The van der Waals surface area contributed by atoms with Gasteiger partial charge < -0.3 is 30.7 Å². The van der Waals surface area contributed by atoms with E-state index in [9.17, 15) is 24.0 Å². The van der Waals surface area contributed by atoms with Crippen LogP contribution in [0.2, 0.25) is 0 Å². The number of thioether (sulfide) groups is 1. The summed E-state index contributed by atoms with van der Waals surface area (Å²) in [6, 6.07) is 31.5. The smallest absolute Gasteiger partial charge is 0.341 e. The second kappa shape index (κ2) is 18.4. The molecule has 0 spiro atoms. The number of esters is 1. The zero-order chi connectivity index (χ0) is 37.7. The van der Waals surface area contributed by atoms with Crippen LogP contribution in [0.3, 0.4) is 0 Å². The second-order valence-corrected chi connectivity index (χ2v) is 13.3. The van der Waals surface area contributed by atoms with Gasteiger partial charge in [-0.15, -0.1) is 23.1 Å². The summed E-state index contributed by atoms with van der Waals surface area (Å²) in [6.07, 6.45) is 1.55. The van der Waals surface area contributed by atoms with Crippen LogP contribution in [-0.4, -0.2) is 49.1 Å². The largest absolute Gasteiger partial charge is 0.493 e. The number of para-hydroxylation sites is 2. The number of anilines is 3. The molecule has 0 unspecified atom stereocenters. The van der Waals surface area contributed by atoms with Crippen LogP contribution < -0.4 is 26.0 Å². The molecule has 0 aliphatic carbocycles. The van der Waals surface area contributed by atoms with E-state index in [4.69, 9.17) is 9.47 Å². The Hall–Kier alpha value is -6.18. The number of ether oxygens (including phenoxy) is 2. The van der Waals surface area contributed by atoms with Crippen LogP contribution >= 0.6 is 23.1 Å². The Morgan fingerprint density at radius 3 is 2.17 bits per heavy atom. The monoisotopic (exact) mass is 748 g/mol. The van der Waals surface area contributed by atoms with Crippen molar-refractivity contribution in [3.8, 4) is 5.75 Å². The lowest BCUT2D eigenvalue weighted by Gasteiger charge is -2.13. The molecule has 1 aromatic heterocycles. The average molecular weight is 749 g/mol. The number of amides is 4. The topological polar surface area (TPSA) is 152 Å². The van der Waals surface area contributed by atoms with Crippen LogP contribution in [0.25, 0.3) is 6.08 Å². The van der Waals surface area contributed by atoms with Crippen molar-refractivity contribution in [2.75, 3.05) is 35.4 Å². The molecule has 5 aromatic rings. The molecular formula is C40H36N4O7S2. The number of benzene rings is 4. The fraction of sp³-hybridized carbons (Fsp3) is 0.125. The van der Waals surface area contributed by atoms with E-state index in [1.54, 1.807) is 110 Å². The van der Waals surface area contributed by atoms with Crippen LogP contribution in [0.4, 0.5) is 16.4 Å². The SMILES string of the molecule is CCOc1ccccc1/C=C(/NC(=O)c1ccccc1)C(=O)Nc1cccc(SCC(=O)Nc2sc(C(=O)Nc3ccccc3)c(C)c2C(=O)OC)c1. The number of nitrogens with one attached hydrogen (secondary N) is 4.